The lowest BCUT2D eigenvalue weighted by Gasteiger charge is -2.30. The molecule has 0 amide bonds. The van der Waals surface area contributed by atoms with Crippen LogP contribution in [0.2, 0.25) is 0 Å². The molecule has 2 heterocycles. The van der Waals surface area contributed by atoms with E-state index < -0.39 is 0 Å². The fourth-order valence-corrected chi connectivity index (χ4v) is 2.15. The molecule has 18 heavy (non-hydrogen) atoms. The standard InChI is InChI=1S/C13H22N4O/c1-11-4-8-17(9-5-11)10-7-15-13-14-6-3-12(16-13)18-2/h3,6,11H,4-5,7-10H2,1-2H3,(H,14,15,16). The Bertz CT molecular complexity index is 364. The fourth-order valence-electron chi connectivity index (χ4n) is 2.15. The SMILES string of the molecule is COc1ccnc(NCCN2CCC(C)CC2)n1. The van der Waals surface area contributed by atoms with Gasteiger partial charge in [-0.1, -0.05) is 6.92 Å². The Hall–Kier alpha value is -1.36. The molecule has 1 N–H and O–H groups in total. The molecule has 1 aromatic heterocycles. The van der Waals surface area contributed by atoms with Gasteiger partial charge in [-0.15, -0.1) is 0 Å². The minimum Gasteiger partial charge on any atom is -0.481 e. The lowest BCUT2D eigenvalue weighted by atomic mass is 9.99. The van der Waals surface area contributed by atoms with Gasteiger partial charge in [0.15, 0.2) is 0 Å². The minimum atomic E-state index is 0.597. The minimum absolute atomic E-state index is 0.597. The van der Waals surface area contributed by atoms with E-state index in [1.165, 1.54) is 25.9 Å². The highest BCUT2D eigenvalue weighted by Gasteiger charge is 2.14. The van der Waals surface area contributed by atoms with E-state index in [4.69, 9.17) is 4.74 Å². The van der Waals surface area contributed by atoms with Crippen LogP contribution in [0.25, 0.3) is 0 Å². The van der Waals surface area contributed by atoms with Crippen molar-refractivity contribution in [3.8, 4) is 5.88 Å². The van der Waals surface area contributed by atoms with Gasteiger partial charge in [0.05, 0.1) is 7.11 Å². The molecule has 5 nitrogen and oxygen atoms in total. The average Bonchev–Trinajstić information content (AvgIpc) is 2.41. The predicted octanol–water partition coefficient (Wildman–Crippen LogP) is 1.63. The summed E-state index contributed by atoms with van der Waals surface area (Å²) in [5.74, 6) is 2.12. The number of methoxy groups -OCH3 is 1. The van der Waals surface area contributed by atoms with Crippen molar-refractivity contribution in [2.75, 3.05) is 38.6 Å². The van der Waals surface area contributed by atoms with Gasteiger partial charge in [0, 0.05) is 25.4 Å². The summed E-state index contributed by atoms with van der Waals surface area (Å²) in [4.78, 5) is 10.9. The third-order valence-corrected chi connectivity index (χ3v) is 3.43. The van der Waals surface area contributed by atoms with Crippen LogP contribution in [-0.4, -0.2) is 48.2 Å². The largest absolute Gasteiger partial charge is 0.481 e. The molecule has 2 rings (SSSR count). The predicted molar refractivity (Wildman–Crippen MR) is 71.9 cm³/mol. The van der Waals surface area contributed by atoms with Gasteiger partial charge in [0.1, 0.15) is 0 Å². The highest BCUT2D eigenvalue weighted by Crippen LogP contribution is 2.15. The van der Waals surface area contributed by atoms with E-state index in [-0.39, 0.29) is 0 Å². The van der Waals surface area contributed by atoms with E-state index in [1.807, 2.05) is 0 Å². The molecule has 0 radical (unpaired) electrons. The molecule has 1 aliphatic rings. The number of aromatic nitrogens is 2. The molecule has 0 unspecified atom stereocenters. The van der Waals surface area contributed by atoms with Crippen molar-refractivity contribution in [2.24, 2.45) is 5.92 Å². The normalized spacial score (nSPS) is 17.7. The number of hydrogen-bond acceptors (Lipinski definition) is 5. The molecule has 1 saturated heterocycles. The fraction of sp³-hybridized carbons (Fsp3) is 0.692. The van der Waals surface area contributed by atoms with Crippen LogP contribution in [0.1, 0.15) is 19.8 Å². The smallest absolute Gasteiger partial charge is 0.225 e. The number of likely N-dealkylation sites (tertiary alicyclic amines) is 1. The second kappa shape index (κ2) is 6.54. The lowest BCUT2D eigenvalue weighted by Crippen LogP contribution is -2.36. The van der Waals surface area contributed by atoms with Crippen LogP contribution in [0.5, 0.6) is 5.88 Å². The first kappa shape index (κ1) is 13.1. The quantitative estimate of drug-likeness (QED) is 0.860. The molecular formula is C13H22N4O. The molecule has 1 fully saturated rings. The van der Waals surface area contributed by atoms with E-state index in [1.54, 1.807) is 19.4 Å². The van der Waals surface area contributed by atoms with Crippen molar-refractivity contribution in [2.45, 2.75) is 19.8 Å². The number of piperidine rings is 1. The maximum atomic E-state index is 5.06. The van der Waals surface area contributed by atoms with Gasteiger partial charge >= 0.3 is 0 Å². The van der Waals surface area contributed by atoms with Crippen molar-refractivity contribution in [3.05, 3.63) is 12.3 Å². The number of hydrogen-bond donors (Lipinski definition) is 1. The van der Waals surface area contributed by atoms with E-state index in [2.05, 4.69) is 27.1 Å². The highest BCUT2D eigenvalue weighted by molar-refractivity contribution is 5.27. The Balaban J connectivity index is 1.71. The number of anilines is 1. The molecule has 0 saturated carbocycles. The maximum Gasteiger partial charge on any atom is 0.225 e. The van der Waals surface area contributed by atoms with Crippen LogP contribution in [0, 0.1) is 5.92 Å². The Labute approximate surface area is 109 Å². The molecular weight excluding hydrogens is 228 g/mol. The van der Waals surface area contributed by atoms with Gasteiger partial charge < -0.3 is 15.0 Å². The van der Waals surface area contributed by atoms with Gasteiger partial charge in [-0.25, -0.2) is 4.98 Å². The van der Waals surface area contributed by atoms with Gasteiger partial charge in [-0.2, -0.15) is 4.98 Å². The van der Waals surface area contributed by atoms with Crippen molar-refractivity contribution in [1.29, 1.82) is 0 Å². The molecule has 1 aliphatic heterocycles. The first-order valence-electron chi connectivity index (χ1n) is 6.61. The van der Waals surface area contributed by atoms with Gasteiger partial charge in [-0.05, 0) is 31.8 Å². The van der Waals surface area contributed by atoms with E-state index in [9.17, 15) is 0 Å². The molecule has 1 aromatic rings. The Morgan fingerprint density at radius 1 is 1.44 bits per heavy atom. The van der Waals surface area contributed by atoms with Crippen LogP contribution >= 0.6 is 0 Å². The maximum absolute atomic E-state index is 5.06. The molecule has 0 aliphatic carbocycles. The average molecular weight is 250 g/mol. The van der Waals surface area contributed by atoms with Crippen LogP contribution in [0.4, 0.5) is 5.95 Å². The van der Waals surface area contributed by atoms with Crippen molar-refractivity contribution in [3.63, 3.8) is 0 Å². The van der Waals surface area contributed by atoms with Gasteiger partial charge in [0.2, 0.25) is 11.8 Å². The second-order valence-corrected chi connectivity index (χ2v) is 4.87. The Morgan fingerprint density at radius 2 is 2.22 bits per heavy atom. The molecule has 100 valence electrons. The Morgan fingerprint density at radius 3 is 2.94 bits per heavy atom. The summed E-state index contributed by atoms with van der Waals surface area (Å²) in [5.41, 5.74) is 0. The summed E-state index contributed by atoms with van der Waals surface area (Å²) >= 11 is 0. The molecule has 5 heteroatoms. The van der Waals surface area contributed by atoms with Crippen molar-refractivity contribution in [1.82, 2.24) is 14.9 Å². The molecule has 0 atom stereocenters. The first-order chi connectivity index (χ1) is 8.78. The number of rotatable bonds is 5. The molecule has 0 bridgehead atoms. The monoisotopic (exact) mass is 250 g/mol. The number of nitrogens with zero attached hydrogens (tertiary/aromatic N) is 3. The van der Waals surface area contributed by atoms with Crippen molar-refractivity contribution < 1.29 is 4.74 Å². The van der Waals surface area contributed by atoms with Gasteiger partial charge in [-0.3, -0.25) is 0 Å². The zero-order valence-corrected chi connectivity index (χ0v) is 11.2. The molecule has 0 aromatic carbocycles. The Kier molecular flexibility index (Phi) is 4.75. The van der Waals surface area contributed by atoms with Crippen molar-refractivity contribution >= 4 is 5.95 Å². The number of nitrogens with one attached hydrogen (secondary N) is 1. The summed E-state index contributed by atoms with van der Waals surface area (Å²) in [5, 5.41) is 3.23. The third kappa shape index (κ3) is 3.84. The van der Waals surface area contributed by atoms with Crippen LogP contribution in [0.3, 0.4) is 0 Å². The second-order valence-electron chi connectivity index (χ2n) is 4.87. The van der Waals surface area contributed by atoms with Gasteiger partial charge in [0.25, 0.3) is 0 Å². The lowest BCUT2D eigenvalue weighted by molar-refractivity contribution is 0.199. The van der Waals surface area contributed by atoms with Crippen LogP contribution in [0.15, 0.2) is 12.3 Å². The summed E-state index contributed by atoms with van der Waals surface area (Å²) in [6, 6.07) is 1.75. The van der Waals surface area contributed by atoms with E-state index in [0.717, 1.165) is 19.0 Å². The summed E-state index contributed by atoms with van der Waals surface area (Å²) in [6.07, 6.45) is 4.34. The summed E-state index contributed by atoms with van der Waals surface area (Å²) < 4.78 is 5.06. The number of ether oxygens (including phenoxy) is 1. The first-order valence-corrected chi connectivity index (χ1v) is 6.61. The third-order valence-electron chi connectivity index (χ3n) is 3.43. The van der Waals surface area contributed by atoms with Crippen LogP contribution in [-0.2, 0) is 0 Å². The van der Waals surface area contributed by atoms with Crippen LogP contribution < -0.4 is 10.1 Å². The zero-order valence-electron chi connectivity index (χ0n) is 11.2. The van der Waals surface area contributed by atoms with E-state index in [0.29, 0.717) is 11.8 Å². The summed E-state index contributed by atoms with van der Waals surface area (Å²) in [7, 11) is 1.61. The molecule has 0 spiro atoms. The summed E-state index contributed by atoms with van der Waals surface area (Å²) in [6.45, 7) is 6.68. The zero-order chi connectivity index (χ0) is 12.8. The highest BCUT2D eigenvalue weighted by atomic mass is 16.5. The van der Waals surface area contributed by atoms with E-state index >= 15 is 0 Å². The topological polar surface area (TPSA) is 50.3 Å².